The van der Waals surface area contributed by atoms with E-state index < -0.39 is 5.79 Å². The standard InChI is InChI=1S/C13H20O2/c1-9-5-6-10-3-2-4-11-7-8-15-13(9,14)12(10)11/h2,4,9-12,14H,3,5-8H2,1H3/t9-,10-,11+,12-,13+/m1/s1. The van der Waals surface area contributed by atoms with Crippen molar-refractivity contribution >= 4 is 0 Å². The van der Waals surface area contributed by atoms with Crippen LogP contribution in [0, 0.1) is 23.7 Å². The van der Waals surface area contributed by atoms with Gasteiger partial charge in [0, 0.05) is 11.8 Å². The van der Waals surface area contributed by atoms with Gasteiger partial charge in [-0.1, -0.05) is 19.1 Å². The van der Waals surface area contributed by atoms with E-state index in [0.717, 1.165) is 25.9 Å². The average molecular weight is 208 g/mol. The maximum atomic E-state index is 10.7. The summed E-state index contributed by atoms with van der Waals surface area (Å²) in [4.78, 5) is 0. The van der Waals surface area contributed by atoms with Crippen molar-refractivity contribution in [3.05, 3.63) is 12.2 Å². The molecule has 0 bridgehead atoms. The highest BCUT2D eigenvalue weighted by Gasteiger charge is 2.54. The van der Waals surface area contributed by atoms with Gasteiger partial charge in [0.15, 0.2) is 5.79 Å². The third-order valence-electron chi connectivity index (χ3n) is 4.73. The molecule has 5 atom stereocenters. The van der Waals surface area contributed by atoms with Gasteiger partial charge in [-0.3, -0.25) is 0 Å². The Morgan fingerprint density at radius 3 is 3.07 bits per heavy atom. The van der Waals surface area contributed by atoms with Crippen LogP contribution in [0.2, 0.25) is 0 Å². The quantitative estimate of drug-likeness (QED) is 0.619. The zero-order valence-electron chi connectivity index (χ0n) is 9.36. The molecule has 0 unspecified atom stereocenters. The summed E-state index contributed by atoms with van der Waals surface area (Å²) >= 11 is 0. The molecule has 1 heterocycles. The summed E-state index contributed by atoms with van der Waals surface area (Å²) in [5.41, 5.74) is 0. The van der Waals surface area contributed by atoms with Crippen LogP contribution in [0.3, 0.4) is 0 Å². The molecule has 15 heavy (non-hydrogen) atoms. The van der Waals surface area contributed by atoms with E-state index in [1.165, 1.54) is 6.42 Å². The molecule has 2 aliphatic carbocycles. The fourth-order valence-electron chi connectivity index (χ4n) is 3.86. The molecule has 3 rings (SSSR count). The smallest absolute Gasteiger partial charge is 0.171 e. The number of aliphatic hydroxyl groups is 1. The maximum Gasteiger partial charge on any atom is 0.171 e. The van der Waals surface area contributed by atoms with Gasteiger partial charge in [-0.15, -0.1) is 0 Å². The van der Waals surface area contributed by atoms with E-state index in [2.05, 4.69) is 19.1 Å². The number of ether oxygens (including phenoxy) is 1. The number of hydrogen-bond donors (Lipinski definition) is 1. The van der Waals surface area contributed by atoms with E-state index in [4.69, 9.17) is 4.74 Å². The zero-order chi connectivity index (χ0) is 10.5. The Hall–Kier alpha value is -0.340. The predicted octanol–water partition coefficient (Wildman–Crippen LogP) is 2.33. The second kappa shape index (κ2) is 3.33. The third-order valence-corrected chi connectivity index (χ3v) is 4.73. The minimum Gasteiger partial charge on any atom is -0.365 e. The molecule has 2 heteroatoms. The van der Waals surface area contributed by atoms with Gasteiger partial charge in [0.2, 0.25) is 0 Å². The molecular formula is C13H20O2. The van der Waals surface area contributed by atoms with Crippen molar-refractivity contribution < 1.29 is 9.84 Å². The van der Waals surface area contributed by atoms with Crippen LogP contribution in [-0.4, -0.2) is 17.5 Å². The van der Waals surface area contributed by atoms with E-state index in [9.17, 15) is 5.11 Å². The second-order valence-electron chi connectivity index (χ2n) is 5.48. The van der Waals surface area contributed by atoms with Gasteiger partial charge >= 0.3 is 0 Å². The van der Waals surface area contributed by atoms with Crippen molar-refractivity contribution in [1.82, 2.24) is 0 Å². The Kier molecular flexibility index (Phi) is 2.18. The van der Waals surface area contributed by atoms with E-state index in [1.54, 1.807) is 0 Å². The molecule has 0 aromatic heterocycles. The van der Waals surface area contributed by atoms with Crippen LogP contribution in [0.15, 0.2) is 12.2 Å². The first-order valence-electron chi connectivity index (χ1n) is 6.25. The molecule has 84 valence electrons. The van der Waals surface area contributed by atoms with Crippen LogP contribution in [0.25, 0.3) is 0 Å². The zero-order valence-corrected chi connectivity index (χ0v) is 9.36. The van der Waals surface area contributed by atoms with Crippen LogP contribution in [0.1, 0.15) is 32.6 Å². The normalized spacial score (nSPS) is 53.7. The van der Waals surface area contributed by atoms with Crippen LogP contribution in [-0.2, 0) is 4.74 Å². The van der Waals surface area contributed by atoms with Gasteiger partial charge in [-0.25, -0.2) is 0 Å². The highest BCUT2D eigenvalue weighted by atomic mass is 16.6. The predicted molar refractivity (Wildman–Crippen MR) is 58.1 cm³/mol. The summed E-state index contributed by atoms with van der Waals surface area (Å²) in [6.45, 7) is 2.86. The third kappa shape index (κ3) is 1.31. The van der Waals surface area contributed by atoms with Crippen molar-refractivity contribution in [3.63, 3.8) is 0 Å². The van der Waals surface area contributed by atoms with Gasteiger partial charge < -0.3 is 9.84 Å². The molecule has 0 aromatic carbocycles. The molecule has 3 aliphatic rings. The molecule has 1 saturated heterocycles. The molecular weight excluding hydrogens is 188 g/mol. The molecule has 2 fully saturated rings. The largest absolute Gasteiger partial charge is 0.365 e. The van der Waals surface area contributed by atoms with E-state index in [1.807, 2.05) is 0 Å². The van der Waals surface area contributed by atoms with Crippen LogP contribution >= 0.6 is 0 Å². The Balaban J connectivity index is 1.98. The van der Waals surface area contributed by atoms with E-state index >= 15 is 0 Å². The van der Waals surface area contributed by atoms with Gasteiger partial charge in [-0.05, 0) is 37.5 Å². The minimum atomic E-state index is -0.823. The van der Waals surface area contributed by atoms with E-state index in [0.29, 0.717) is 23.7 Å². The maximum absolute atomic E-state index is 10.7. The first-order valence-corrected chi connectivity index (χ1v) is 6.25. The van der Waals surface area contributed by atoms with Gasteiger partial charge in [0.25, 0.3) is 0 Å². The fourth-order valence-corrected chi connectivity index (χ4v) is 3.86. The Morgan fingerprint density at radius 2 is 2.20 bits per heavy atom. The van der Waals surface area contributed by atoms with Crippen LogP contribution in [0.5, 0.6) is 0 Å². The van der Waals surface area contributed by atoms with Crippen molar-refractivity contribution in [3.8, 4) is 0 Å². The molecule has 0 radical (unpaired) electrons. The van der Waals surface area contributed by atoms with Crippen LogP contribution in [0.4, 0.5) is 0 Å². The van der Waals surface area contributed by atoms with E-state index in [-0.39, 0.29) is 0 Å². The molecule has 0 aromatic rings. The SMILES string of the molecule is C[C@@H]1CC[C@H]2CC=C[C@H]3CCO[C@]1(O)[C@H]23. The minimum absolute atomic E-state index is 0.299. The topological polar surface area (TPSA) is 29.5 Å². The van der Waals surface area contributed by atoms with Crippen molar-refractivity contribution in [2.24, 2.45) is 23.7 Å². The lowest BCUT2D eigenvalue weighted by molar-refractivity contribution is -0.316. The lowest BCUT2D eigenvalue weighted by Crippen LogP contribution is -2.58. The fraction of sp³-hybridized carbons (Fsp3) is 0.846. The highest BCUT2D eigenvalue weighted by molar-refractivity contribution is 5.09. The summed E-state index contributed by atoms with van der Waals surface area (Å²) < 4.78 is 5.74. The van der Waals surface area contributed by atoms with Crippen LogP contribution < -0.4 is 0 Å². The molecule has 0 spiro atoms. The molecule has 1 aliphatic heterocycles. The Morgan fingerprint density at radius 1 is 1.33 bits per heavy atom. The summed E-state index contributed by atoms with van der Waals surface area (Å²) in [6, 6.07) is 0. The first kappa shape index (κ1) is 9.86. The Bertz CT molecular complexity index is 286. The van der Waals surface area contributed by atoms with Crippen molar-refractivity contribution in [1.29, 1.82) is 0 Å². The first-order chi connectivity index (χ1) is 7.22. The summed E-state index contributed by atoms with van der Waals surface area (Å²) in [5, 5.41) is 10.7. The lowest BCUT2D eigenvalue weighted by atomic mass is 9.60. The monoisotopic (exact) mass is 208 g/mol. The summed E-state index contributed by atoms with van der Waals surface area (Å²) in [6.07, 6.45) is 9.23. The average Bonchev–Trinajstić information content (AvgIpc) is 2.24. The molecule has 1 saturated carbocycles. The van der Waals surface area contributed by atoms with Crippen molar-refractivity contribution in [2.45, 2.75) is 38.4 Å². The molecule has 2 nitrogen and oxygen atoms in total. The number of rotatable bonds is 0. The molecule has 1 N–H and O–H groups in total. The van der Waals surface area contributed by atoms with Gasteiger partial charge in [0.05, 0.1) is 6.61 Å². The summed E-state index contributed by atoms with van der Waals surface area (Å²) in [7, 11) is 0. The molecule has 0 amide bonds. The number of allylic oxidation sites excluding steroid dienone is 2. The number of hydrogen-bond acceptors (Lipinski definition) is 2. The Labute approximate surface area is 91.3 Å². The summed E-state index contributed by atoms with van der Waals surface area (Å²) in [5.74, 6) is 1.05. The lowest BCUT2D eigenvalue weighted by Gasteiger charge is -2.54. The van der Waals surface area contributed by atoms with Crippen molar-refractivity contribution in [2.75, 3.05) is 6.61 Å². The second-order valence-corrected chi connectivity index (χ2v) is 5.48. The highest BCUT2D eigenvalue weighted by Crippen LogP contribution is 2.52. The van der Waals surface area contributed by atoms with Gasteiger partial charge in [0.1, 0.15) is 0 Å². The van der Waals surface area contributed by atoms with Gasteiger partial charge in [-0.2, -0.15) is 0 Å².